The first kappa shape index (κ1) is 11.0. The molecule has 7 heteroatoms. The van der Waals surface area contributed by atoms with Gasteiger partial charge in [-0.15, -0.1) is 0 Å². The zero-order chi connectivity index (χ0) is 12.0. The van der Waals surface area contributed by atoms with E-state index < -0.39 is 9.84 Å². The van der Waals surface area contributed by atoms with Gasteiger partial charge in [-0.3, -0.25) is 4.68 Å². The molecule has 3 N–H and O–H groups in total. The molecule has 6 nitrogen and oxygen atoms in total. The fourth-order valence-corrected chi connectivity index (χ4v) is 4.25. The molecular formula is C10H16N4O2S. The molecule has 1 aromatic rings. The van der Waals surface area contributed by atoms with Gasteiger partial charge >= 0.3 is 0 Å². The molecule has 2 aliphatic rings. The minimum absolute atomic E-state index is 0.0547. The molecule has 0 unspecified atom stereocenters. The van der Waals surface area contributed by atoms with Crippen molar-refractivity contribution in [2.24, 2.45) is 0 Å². The normalized spacial score (nSPS) is 23.8. The SMILES string of the molecule is Nc1nn(C2CCNCC2)c2c1CS(=O)(=O)C2. The minimum Gasteiger partial charge on any atom is -0.382 e. The Balaban J connectivity index is 2.00. The summed E-state index contributed by atoms with van der Waals surface area (Å²) in [5.74, 6) is 0.537. The van der Waals surface area contributed by atoms with E-state index >= 15 is 0 Å². The number of nitrogens with two attached hydrogens (primary N) is 1. The Bertz CT molecular complexity index is 543. The Labute approximate surface area is 100 Å². The number of piperidine rings is 1. The van der Waals surface area contributed by atoms with E-state index in [0.717, 1.165) is 37.2 Å². The Morgan fingerprint density at radius 1 is 1.29 bits per heavy atom. The second kappa shape index (κ2) is 3.71. The molecule has 94 valence electrons. The van der Waals surface area contributed by atoms with Gasteiger partial charge in [0.15, 0.2) is 9.84 Å². The van der Waals surface area contributed by atoms with Gasteiger partial charge in [-0.25, -0.2) is 8.42 Å². The predicted molar refractivity (Wildman–Crippen MR) is 64.1 cm³/mol. The van der Waals surface area contributed by atoms with Crippen molar-refractivity contribution in [3.8, 4) is 0 Å². The molecule has 0 bridgehead atoms. The van der Waals surface area contributed by atoms with Crippen LogP contribution in [0.15, 0.2) is 0 Å². The smallest absolute Gasteiger partial charge is 0.160 e. The van der Waals surface area contributed by atoms with Crippen LogP contribution in [0.4, 0.5) is 5.82 Å². The van der Waals surface area contributed by atoms with E-state index in [1.165, 1.54) is 0 Å². The summed E-state index contributed by atoms with van der Waals surface area (Å²) in [6, 6.07) is 0.288. The summed E-state index contributed by atoms with van der Waals surface area (Å²) < 4.78 is 25.1. The average molecular weight is 256 g/mol. The van der Waals surface area contributed by atoms with E-state index in [0.29, 0.717) is 5.82 Å². The lowest BCUT2D eigenvalue weighted by atomic mass is 10.1. The quantitative estimate of drug-likeness (QED) is 0.727. The van der Waals surface area contributed by atoms with Crippen LogP contribution in [0.25, 0.3) is 0 Å². The lowest BCUT2D eigenvalue weighted by Gasteiger charge is -2.24. The van der Waals surface area contributed by atoms with E-state index in [1.54, 1.807) is 0 Å². The maximum atomic E-state index is 11.6. The van der Waals surface area contributed by atoms with Gasteiger partial charge in [-0.2, -0.15) is 5.10 Å². The van der Waals surface area contributed by atoms with Crippen molar-refractivity contribution in [1.29, 1.82) is 0 Å². The molecule has 1 saturated heterocycles. The first-order valence-electron chi connectivity index (χ1n) is 5.84. The van der Waals surface area contributed by atoms with Crippen molar-refractivity contribution in [2.75, 3.05) is 18.8 Å². The molecule has 0 spiro atoms. The Morgan fingerprint density at radius 3 is 2.71 bits per heavy atom. The van der Waals surface area contributed by atoms with Crippen LogP contribution in [-0.4, -0.2) is 31.3 Å². The van der Waals surface area contributed by atoms with Gasteiger partial charge in [-0.1, -0.05) is 0 Å². The molecule has 0 atom stereocenters. The number of hydrogen-bond acceptors (Lipinski definition) is 5. The number of anilines is 1. The molecule has 2 aliphatic heterocycles. The molecule has 3 rings (SSSR count). The number of sulfone groups is 1. The molecule has 3 heterocycles. The van der Waals surface area contributed by atoms with Crippen molar-refractivity contribution in [3.63, 3.8) is 0 Å². The van der Waals surface area contributed by atoms with Gasteiger partial charge in [0.05, 0.1) is 23.2 Å². The Morgan fingerprint density at radius 2 is 2.00 bits per heavy atom. The average Bonchev–Trinajstić information content (AvgIpc) is 2.76. The van der Waals surface area contributed by atoms with Crippen molar-refractivity contribution in [2.45, 2.75) is 30.4 Å². The zero-order valence-electron chi connectivity index (χ0n) is 9.52. The van der Waals surface area contributed by atoms with Crippen LogP contribution in [0.2, 0.25) is 0 Å². The number of rotatable bonds is 1. The molecule has 1 aromatic heterocycles. The van der Waals surface area contributed by atoms with Gasteiger partial charge < -0.3 is 11.1 Å². The Kier molecular flexibility index (Phi) is 2.41. The third-order valence-electron chi connectivity index (χ3n) is 3.52. The van der Waals surface area contributed by atoms with E-state index in [9.17, 15) is 8.42 Å². The standard InChI is InChI=1S/C10H16N4O2S/c11-10-8-5-17(15,16)6-9(8)14(13-10)7-1-3-12-4-2-7/h7,12H,1-6H2,(H2,11,13). The highest BCUT2D eigenvalue weighted by atomic mass is 32.2. The summed E-state index contributed by atoms with van der Waals surface area (Å²) in [7, 11) is -3.00. The molecule has 0 aromatic carbocycles. The van der Waals surface area contributed by atoms with Crippen molar-refractivity contribution in [3.05, 3.63) is 11.3 Å². The van der Waals surface area contributed by atoms with Crippen LogP contribution in [0.1, 0.15) is 30.1 Å². The molecule has 0 saturated carbocycles. The zero-order valence-corrected chi connectivity index (χ0v) is 10.3. The molecular weight excluding hydrogens is 240 g/mol. The van der Waals surface area contributed by atoms with E-state index in [-0.39, 0.29) is 17.5 Å². The van der Waals surface area contributed by atoms with Crippen LogP contribution in [0.3, 0.4) is 0 Å². The first-order valence-corrected chi connectivity index (χ1v) is 7.66. The lowest BCUT2D eigenvalue weighted by molar-refractivity contribution is 0.338. The van der Waals surface area contributed by atoms with Gasteiger partial charge in [0.25, 0.3) is 0 Å². The largest absolute Gasteiger partial charge is 0.382 e. The van der Waals surface area contributed by atoms with Gasteiger partial charge in [-0.05, 0) is 25.9 Å². The second-order valence-electron chi connectivity index (χ2n) is 4.77. The molecule has 0 radical (unpaired) electrons. The summed E-state index contributed by atoms with van der Waals surface area (Å²) in [6.45, 7) is 1.90. The number of nitrogens with one attached hydrogen (secondary N) is 1. The lowest BCUT2D eigenvalue weighted by Crippen LogP contribution is -2.30. The number of nitrogen functional groups attached to an aromatic ring is 1. The van der Waals surface area contributed by atoms with Crippen LogP contribution in [0, 0.1) is 0 Å². The van der Waals surface area contributed by atoms with Crippen LogP contribution in [0.5, 0.6) is 0 Å². The van der Waals surface area contributed by atoms with E-state index in [4.69, 9.17) is 5.73 Å². The van der Waals surface area contributed by atoms with Gasteiger partial charge in [0.1, 0.15) is 5.82 Å². The number of nitrogens with zero attached hydrogens (tertiary/aromatic N) is 2. The van der Waals surface area contributed by atoms with Crippen LogP contribution >= 0.6 is 0 Å². The third-order valence-corrected chi connectivity index (χ3v) is 4.97. The van der Waals surface area contributed by atoms with Crippen molar-refractivity contribution >= 4 is 15.7 Å². The minimum atomic E-state index is -3.00. The fourth-order valence-electron chi connectivity index (χ4n) is 2.67. The maximum Gasteiger partial charge on any atom is 0.160 e. The van der Waals surface area contributed by atoms with Crippen LogP contribution in [-0.2, 0) is 21.3 Å². The monoisotopic (exact) mass is 256 g/mol. The van der Waals surface area contributed by atoms with Crippen molar-refractivity contribution in [1.82, 2.24) is 15.1 Å². The van der Waals surface area contributed by atoms with Crippen LogP contribution < -0.4 is 11.1 Å². The third kappa shape index (κ3) is 1.83. The first-order chi connectivity index (χ1) is 8.07. The summed E-state index contributed by atoms with van der Waals surface area (Å²) in [4.78, 5) is 0. The number of hydrogen-bond donors (Lipinski definition) is 2. The van der Waals surface area contributed by atoms with Crippen molar-refractivity contribution < 1.29 is 8.42 Å². The number of aromatic nitrogens is 2. The van der Waals surface area contributed by atoms with E-state index in [1.807, 2.05) is 4.68 Å². The van der Waals surface area contributed by atoms with Gasteiger partial charge in [0.2, 0.25) is 0 Å². The van der Waals surface area contributed by atoms with Gasteiger partial charge in [0, 0.05) is 5.56 Å². The molecule has 1 fully saturated rings. The number of fused-ring (bicyclic) bond motifs is 1. The summed E-state index contributed by atoms with van der Waals surface area (Å²) in [6.07, 6.45) is 1.96. The fraction of sp³-hybridized carbons (Fsp3) is 0.700. The summed E-state index contributed by atoms with van der Waals surface area (Å²) >= 11 is 0. The Hall–Kier alpha value is -1.08. The topological polar surface area (TPSA) is 90.0 Å². The maximum absolute atomic E-state index is 11.6. The highest BCUT2D eigenvalue weighted by Gasteiger charge is 2.33. The summed E-state index contributed by atoms with van der Waals surface area (Å²) in [5, 5.41) is 7.61. The second-order valence-corrected chi connectivity index (χ2v) is 6.83. The predicted octanol–water partition coefficient (Wildman–Crippen LogP) is -0.182. The molecule has 0 amide bonds. The van der Waals surface area contributed by atoms with E-state index in [2.05, 4.69) is 10.4 Å². The molecule has 17 heavy (non-hydrogen) atoms. The highest BCUT2D eigenvalue weighted by molar-refractivity contribution is 7.90. The molecule has 0 aliphatic carbocycles. The summed E-state index contributed by atoms with van der Waals surface area (Å²) in [5.41, 5.74) is 7.35. The highest BCUT2D eigenvalue weighted by Crippen LogP contribution is 2.33.